The lowest BCUT2D eigenvalue weighted by Gasteiger charge is -2.11. The van der Waals surface area contributed by atoms with Gasteiger partial charge in [-0.1, -0.05) is 18.2 Å². The van der Waals surface area contributed by atoms with E-state index in [0.29, 0.717) is 30.0 Å². The van der Waals surface area contributed by atoms with Gasteiger partial charge in [-0.05, 0) is 45.3 Å². The van der Waals surface area contributed by atoms with Gasteiger partial charge >= 0.3 is 0 Å². The molecule has 5 nitrogen and oxygen atoms in total. The predicted octanol–water partition coefficient (Wildman–Crippen LogP) is 2.51. The average molecular weight is 330 g/mol. The highest BCUT2D eigenvalue weighted by Crippen LogP contribution is 2.11. The predicted molar refractivity (Wildman–Crippen MR) is 93.5 cm³/mol. The van der Waals surface area contributed by atoms with Crippen molar-refractivity contribution in [2.75, 3.05) is 32.5 Å². The van der Waals surface area contributed by atoms with Gasteiger partial charge in [0.05, 0.1) is 0 Å². The monoisotopic (exact) mass is 330 g/mol. The molecule has 1 aromatic heterocycles. The van der Waals surface area contributed by atoms with Crippen LogP contribution in [0, 0.1) is 5.82 Å². The Balaban J connectivity index is 1.89. The molecule has 1 amide bonds. The van der Waals surface area contributed by atoms with Crippen molar-refractivity contribution in [1.82, 2.24) is 15.2 Å². The van der Waals surface area contributed by atoms with E-state index in [9.17, 15) is 9.18 Å². The third-order valence-electron chi connectivity index (χ3n) is 3.51. The highest BCUT2D eigenvalue weighted by Gasteiger charge is 2.07. The Kier molecular flexibility index (Phi) is 6.69. The lowest BCUT2D eigenvalue weighted by molar-refractivity contribution is 0.0952. The van der Waals surface area contributed by atoms with Crippen LogP contribution >= 0.6 is 0 Å². The Morgan fingerprint density at radius 2 is 2.04 bits per heavy atom. The molecule has 0 saturated carbocycles. The molecule has 0 aliphatic carbocycles. The summed E-state index contributed by atoms with van der Waals surface area (Å²) in [7, 11) is 4.00. The summed E-state index contributed by atoms with van der Waals surface area (Å²) < 4.78 is 13.6. The maximum atomic E-state index is 13.6. The van der Waals surface area contributed by atoms with E-state index < -0.39 is 0 Å². The largest absolute Gasteiger partial charge is 0.366 e. The van der Waals surface area contributed by atoms with Crippen LogP contribution in [0.1, 0.15) is 22.3 Å². The summed E-state index contributed by atoms with van der Waals surface area (Å²) in [4.78, 5) is 18.4. The number of hydrogen-bond acceptors (Lipinski definition) is 4. The third-order valence-corrected chi connectivity index (χ3v) is 3.51. The zero-order chi connectivity index (χ0) is 17.4. The third kappa shape index (κ3) is 5.62. The van der Waals surface area contributed by atoms with Crippen LogP contribution in [-0.4, -0.2) is 43.0 Å². The second-order valence-corrected chi connectivity index (χ2v) is 5.79. The van der Waals surface area contributed by atoms with Crippen LogP contribution in [0.2, 0.25) is 0 Å². The van der Waals surface area contributed by atoms with Crippen LogP contribution < -0.4 is 10.6 Å². The lowest BCUT2D eigenvalue weighted by atomic mass is 10.2. The van der Waals surface area contributed by atoms with E-state index in [-0.39, 0.29) is 11.7 Å². The molecular formula is C18H23FN4O. The molecular weight excluding hydrogens is 307 g/mol. The highest BCUT2D eigenvalue weighted by atomic mass is 19.1. The number of nitrogens with one attached hydrogen (secondary N) is 2. The SMILES string of the molecule is CN(C)CCCNC(=O)c1ccnc(NCc2ccccc2F)c1. The number of carbonyl (C=O) groups excluding carboxylic acids is 1. The van der Waals surface area contributed by atoms with Gasteiger partial charge in [0.15, 0.2) is 0 Å². The summed E-state index contributed by atoms with van der Waals surface area (Å²) in [5.74, 6) is 0.143. The van der Waals surface area contributed by atoms with E-state index in [4.69, 9.17) is 0 Å². The first-order valence-electron chi connectivity index (χ1n) is 7.92. The summed E-state index contributed by atoms with van der Waals surface area (Å²) in [5.41, 5.74) is 1.09. The summed E-state index contributed by atoms with van der Waals surface area (Å²) in [6, 6.07) is 9.90. The molecule has 2 aromatic rings. The summed E-state index contributed by atoms with van der Waals surface area (Å²) in [6.07, 6.45) is 2.46. The Hall–Kier alpha value is -2.47. The van der Waals surface area contributed by atoms with Crippen LogP contribution in [0.3, 0.4) is 0 Å². The van der Waals surface area contributed by atoms with Crippen LogP contribution in [0.4, 0.5) is 10.2 Å². The number of amides is 1. The number of carbonyl (C=O) groups is 1. The first-order valence-corrected chi connectivity index (χ1v) is 7.92. The molecule has 1 heterocycles. The molecule has 0 bridgehead atoms. The molecule has 0 radical (unpaired) electrons. The standard InChI is InChI=1S/C18H23FN4O/c1-23(2)11-5-9-21-18(24)14-8-10-20-17(12-14)22-13-15-6-3-4-7-16(15)19/h3-4,6-8,10,12H,5,9,11,13H2,1-2H3,(H,20,22)(H,21,24). The molecule has 0 aliphatic heterocycles. The van der Waals surface area contributed by atoms with E-state index in [2.05, 4.69) is 20.5 Å². The fourth-order valence-corrected chi connectivity index (χ4v) is 2.20. The number of pyridine rings is 1. The zero-order valence-electron chi connectivity index (χ0n) is 14.1. The average Bonchev–Trinajstić information content (AvgIpc) is 2.58. The quantitative estimate of drug-likeness (QED) is 0.730. The minimum atomic E-state index is -0.264. The Morgan fingerprint density at radius 1 is 1.25 bits per heavy atom. The molecule has 24 heavy (non-hydrogen) atoms. The molecule has 1 aromatic carbocycles. The zero-order valence-corrected chi connectivity index (χ0v) is 14.1. The van der Waals surface area contributed by atoms with Gasteiger partial charge in [-0.2, -0.15) is 0 Å². The Labute approximate surface area is 141 Å². The molecule has 128 valence electrons. The minimum Gasteiger partial charge on any atom is -0.366 e. The Bertz CT molecular complexity index is 676. The maximum Gasteiger partial charge on any atom is 0.251 e. The van der Waals surface area contributed by atoms with Crippen molar-refractivity contribution in [3.8, 4) is 0 Å². The highest BCUT2D eigenvalue weighted by molar-refractivity contribution is 5.94. The topological polar surface area (TPSA) is 57.3 Å². The van der Waals surface area contributed by atoms with E-state index in [1.807, 2.05) is 14.1 Å². The molecule has 2 rings (SSSR count). The number of benzene rings is 1. The molecule has 0 unspecified atom stereocenters. The second kappa shape index (κ2) is 8.98. The van der Waals surface area contributed by atoms with E-state index in [0.717, 1.165) is 13.0 Å². The molecule has 0 spiro atoms. The van der Waals surface area contributed by atoms with E-state index in [1.165, 1.54) is 6.07 Å². The smallest absolute Gasteiger partial charge is 0.251 e. The second-order valence-electron chi connectivity index (χ2n) is 5.79. The van der Waals surface area contributed by atoms with Crippen molar-refractivity contribution in [1.29, 1.82) is 0 Å². The molecule has 2 N–H and O–H groups in total. The number of anilines is 1. The molecule has 0 aliphatic rings. The van der Waals surface area contributed by atoms with Gasteiger partial charge in [0.1, 0.15) is 11.6 Å². The van der Waals surface area contributed by atoms with Crippen LogP contribution in [0.25, 0.3) is 0 Å². The van der Waals surface area contributed by atoms with Gasteiger partial charge in [0.2, 0.25) is 0 Å². The molecule has 0 saturated heterocycles. The number of hydrogen-bond donors (Lipinski definition) is 2. The lowest BCUT2D eigenvalue weighted by Crippen LogP contribution is -2.27. The molecule has 0 atom stereocenters. The summed E-state index contributed by atoms with van der Waals surface area (Å²) >= 11 is 0. The van der Waals surface area contributed by atoms with Gasteiger partial charge in [0.25, 0.3) is 5.91 Å². The van der Waals surface area contributed by atoms with Crippen LogP contribution in [0.5, 0.6) is 0 Å². The van der Waals surface area contributed by atoms with Crippen molar-refractivity contribution in [2.24, 2.45) is 0 Å². The van der Waals surface area contributed by atoms with Crippen LogP contribution in [0.15, 0.2) is 42.6 Å². The first-order chi connectivity index (χ1) is 11.6. The van der Waals surface area contributed by atoms with Crippen molar-refractivity contribution in [2.45, 2.75) is 13.0 Å². The molecule has 0 fully saturated rings. The normalized spacial score (nSPS) is 10.7. The fraction of sp³-hybridized carbons (Fsp3) is 0.333. The number of halogens is 1. The van der Waals surface area contributed by atoms with Gasteiger partial charge < -0.3 is 15.5 Å². The number of nitrogens with zero attached hydrogens (tertiary/aromatic N) is 2. The van der Waals surface area contributed by atoms with Crippen molar-refractivity contribution in [3.63, 3.8) is 0 Å². The van der Waals surface area contributed by atoms with Crippen LogP contribution in [-0.2, 0) is 6.54 Å². The number of aromatic nitrogens is 1. The fourth-order valence-electron chi connectivity index (χ4n) is 2.20. The van der Waals surface area contributed by atoms with Gasteiger partial charge in [0, 0.05) is 30.4 Å². The first kappa shape index (κ1) is 17.9. The van der Waals surface area contributed by atoms with Crippen molar-refractivity contribution in [3.05, 3.63) is 59.5 Å². The van der Waals surface area contributed by atoms with Gasteiger partial charge in [-0.3, -0.25) is 4.79 Å². The van der Waals surface area contributed by atoms with Crippen molar-refractivity contribution >= 4 is 11.7 Å². The van der Waals surface area contributed by atoms with E-state index in [1.54, 1.807) is 36.5 Å². The minimum absolute atomic E-state index is 0.134. The Morgan fingerprint density at radius 3 is 2.79 bits per heavy atom. The molecule has 6 heteroatoms. The van der Waals surface area contributed by atoms with Crippen molar-refractivity contribution < 1.29 is 9.18 Å². The van der Waals surface area contributed by atoms with E-state index >= 15 is 0 Å². The summed E-state index contributed by atoms with van der Waals surface area (Å²) in [5, 5.41) is 5.92. The van der Waals surface area contributed by atoms with Gasteiger partial charge in [-0.25, -0.2) is 9.37 Å². The summed E-state index contributed by atoms with van der Waals surface area (Å²) in [6.45, 7) is 1.86. The maximum absolute atomic E-state index is 13.6. The number of rotatable bonds is 8. The van der Waals surface area contributed by atoms with Gasteiger partial charge in [-0.15, -0.1) is 0 Å².